The van der Waals surface area contributed by atoms with Gasteiger partial charge >= 0.3 is 0 Å². The van der Waals surface area contributed by atoms with Crippen LogP contribution in [0.4, 0.5) is 0 Å². The van der Waals surface area contributed by atoms with E-state index in [0.717, 1.165) is 5.56 Å². The van der Waals surface area contributed by atoms with Crippen LogP contribution in [0.15, 0.2) is 29.2 Å². The van der Waals surface area contributed by atoms with E-state index in [9.17, 15) is 0 Å². The van der Waals surface area contributed by atoms with E-state index < -0.39 is 0 Å². The molecule has 0 saturated carbocycles. The van der Waals surface area contributed by atoms with Crippen molar-refractivity contribution in [3.63, 3.8) is 0 Å². The van der Waals surface area contributed by atoms with Gasteiger partial charge in [0.2, 0.25) is 0 Å². The smallest absolute Gasteiger partial charge is 0.0332 e. The molecule has 77 valence electrons. The summed E-state index contributed by atoms with van der Waals surface area (Å²) in [5.74, 6) is 0. The van der Waals surface area contributed by atoms with Crippen molar-refractivity contribution in [1.82, 2.24) is 0 Å². The van der Waals surface area contributed by atoms with Gasteiger partial charge in [-0.3, -0.25) is 0 Å². The Kier molecular flexibility index (Phi) is 4.35. The summed E-state index contributed by atoms with van der Waals surface area (Å²) < 4.78 is 0.133. The molecule has 0 amide bonds. The molecular weight excluding hydrogens is 210 g/mol. The highest BCUT2D eigenvalue weighted by Gasteiger charge is 2.16. The Labute approximate surface area is 94.2 Å². The lowest BCUT2D eigenvalue weighted by Crippen LogP contribution is -2.25. The molecule has 1 rings (SSSR count). The van der Waals surface area contributed by atoms with Crippen LogP contribution < -0.4 is 5.73 Å². The fraction of sp³-hybridized carbons (Fsp3) is 0.364. The Bertz CT molecular complexity index is 280. The lowest BCUT2D eigenvalue weighted by Gasteiger charge is -2.20. The van der Waals surface area contributed by atoms with Crippen molar-refractivity contribution in [1.29, 1.82) is 0 Å². The molecule has 0 atom stereocenters. The molecule has 0 aliphatic heterocycles. The number of rotatable bonds is 4. The van der Waals surface area contributed by atoms with Crippen molar-refractivity contribution in [3.05, 3.63) is 36.8 Å². The lowest BCUT2D eigenvalue weighted by atomic mass is 10.2. The minimum absolute atomic E-state index is 0.133. The third kappa shape index (κ3) is 3.95. The van der Waals surface area contributed by atoms with Gasteiger partial charge in [0.25, 0.3) is 0 Å². The molecule has 3 heteroatoms. The SMILES string of the molecule is [CH2]c1ccc(SSC(C)(C)CN)cc1. The standard InChI is InChI=1S/C11H16NS2/c1-9-4-6-10(7-5-9)13-14-11(2,3)8-12/h4-7H,1,8,12H2,2-3H3. The summed E-state index contributed by atoms with van der Waals surface area (Å²) in [4.78, 5) is 1.25. The third-order valence-electron chi connectivity index (χ3n) is 1.78. The lowest BCUT2D eigenvalue weighted by molar-refractivity contribution is 0.729. The molecule has 0 aliphatic rings. The summed E-state index contributed by atoms with van der Waals surface area (Å²) in [6.45, 7) is 8.85. The average Bonchev–Trinajstić information content (AvgIpc) is 2.17. The van der Waals surface area contributed by atoms with Crippen molar-refractivity contribution >= 4 is 21.6 Å². The van der Waals surface area contributed by atoms with E-state index in [4.69, 9.17) is 5.73 Å². The summed E-state index contributed by atoms with van der Waals surface area (Å²) in [5.41, 5.74) is 6.70. The van der Waals surface area contributed by atoms with Crippen molar-refractivity contribution < 1.29 is 0 Å². The highest BCUT2D eigenvalue weighted by Crippen LogP contribution is 2.39. The molecule has 1 nitrogen and oxygen atoms in total. The first-order valence-corrected chi connectivity index (χ1v) is 6.66. The molecule has 0 aliphatic carbocycles. The minimum Gasteiger partial charge on any atom is -0.329 e. The van der Waals surface area contributed by atoms with E-state index in [2.05, 4.69) is 32.9 Å². The Morgan fingerprint density at radius 1 is 1.29 bits per heavy atom. The van der Waals surface area contributed by atoms with Gasteiger partial charge in [0.15, 0.2) is 0 Å². The van der Waals surface area contributed by atoms with Gasteiger partial charge < -0.3 is 5.73 Å². The summed E-state index contributed by atoms with van der Waals surface area (Å²) >= 11 is 0. The highest BCUT2D eigenvalue weighted by atomic mass is 33.1. The van der Waals surface area contributed by atoms with Crippen LogP contribution >= 0.6 is 21.6 Å². The first-order valence-electron chi connectivity index (χ1n) is 4.51. The fourth-order valence-corrected chi connectivity index (χ4v) is 2.88. The monoisotopic (exact) mass is 226 g/mol. The summed E-state index contributed by atoms with van der Waals surface area (Å²) in [6.07, 6.45) is 0. The molecule has 14 heavy (non-hydrogen) atoms. The highest BCUT2D eigenvalue weighted by molar-refractivity contribution is 8.77. The second-order valence-electron chi connectivity index (χ2n) is 3.77. The van der Waals surface area contributed by atoms with Gasteiger partial charge in [-0.25, -0.2) is 0 Å². The maximum Gasteiger partial charge on any atom is 0.0332 e. The van der Waals surface area contributed by atoms with Crippen molar-refractivity contribution in [3.8, 4) is 0 Å². The molecule has 1 radical (unpaired) electrons. The number of nitrogens with two attached hydrogens (primary N) is 1. The van der Waals surface area contributed by atoms with Gasteiger partial charge in [0.1, 0.15) is 0 Å². The normalized spacial score (nSPS) is 11.7. The van der Waals surface area contributed by atoms with Crippen LogP contribution in [0, 0.1) is 6.92 Å². The molecule has 0 bridgehead atoms. The van der Waals surface area contributed by atoms with E-state index >= 15 is 0 Å². The van der Waals surface area contributed by atoms with Gasteiger partial charge in [0.05, 0.1) is 0 Å². The molecule has 0 fully saturated rings. The van der Waals surface area contributed by atoms with Gasteiger partial charge in [-0.1, -0.05) is 33.7 Å². The van der Waals surface area contributed by atoms with Crippen LogP contribution in [0.25, 0.3) is 0 Å². The minimum atomic E-state index is 0.133. The summed E-state index contributed by atoms with van der Waals surface area (Å²) in [6, 6.07) is 8.23. The average molecular weight is 226 g/mol. The van der Waals surface area contributed by atoms with Crippen molar-refractivity contribution in [2.45, 2.75) is 23.5 Å². The molecule has 0 heterocycles. The fourth-order valence-electron chi connectivity index (χ4n) is 0.740. The first kappa shape index (κ1) is 12.0. The number of hydrogen-bond acceptors (Lipinski definition) is 3. The molecule has 1 aromatic carbocycles. The van der Waals surface area contributed by atoms with Gasteiger partial charge in [-0.05, 0) is 38.5 Å². The predicted octanol–water partition coefficient (Wildman–Crippen LogP) is 3.35. The second-order valence-corrected chi connectivity index (χ2v) is 6.68. The van der Waals surface area contributed by atoms with E-state index in [0.29, 0.717) is 6.54 Å². The van der Waals surface area contributed by atoms with Crippen LogP contribution in [-0.4, -0.2) is 11.3 Å². The Hall–Kier alpha value is -0.120. The van der Waals surface area contributed by atoms with E-state index in [1.807, 2.05) is 22.9 Å². The van der Waals surface area contributed by atoms with Gasteiger partial charge in [-0.15, -0.1) is 0 Å². The quantitative estimate of drug-likeness (QED) is 0.797. The molecule has 2 N–H and O–H groups in total. The van der Waals surface area contributed by atoms with Gasteiger partial charge in [0, 0.05) is 16.2 Å². The zero-order valence-electron chi connectivity index (χ0n) is 8.62. The maximum absolute atomic E-state index is 5.65. The second kappa shape index (κ2) is 5.10. The first-order chi connectivity index (χ1) is 6.53. The predicted molar refractivity (Wildman–Crippen MR) is 67.5 cm³/mol. The van der Waals surface area contributed by atoms with Crippen LogP contribution in [-0.2, 0) is 0 Å². The van der Waals surface area contributed by atoms with Crippen molar-refractivity contribution in [2.24, 2.45) is 5.73 Å². The van der Waals surface area contributed by atoms with Crippen LogP contribution in [0.5, 0.6) is 0 Å². The number of benzene rings is 1. The van der Waals surface area contributed by atoms with E-state index in [1.54, 1.807) is 10.8 Å². The molecule has 0 aromatic heterocycles. The Morgan fingerprint density at radius 2 is 1.86 bits per heavy atom. The molecular formula is C11H16NS2. The summed E-state index contributed by atoms with van der Waals surface area (Å²) in [5, 5.41) is 0. The molecule has 0 unspecified atom stereocenters. The maximum atomic E-state index is 5.65. The van der Waals surface area contributed by atoms with Crippen molar-refractivity contribution in [2.75, 3.05) is 6.54 Å². The zero-order chi connectivity index (χ0) is 10.6. The van der Waals surface area contributed by atoms with Crippen LogP contribution in [0.1, 0.15) is 19.4 Å². The molecule has 1 aromatic rings. The Balaban J connectivity index is 2.50. The Morgan fingerprint density at radius 3 is 2.36 bits per heavy atom. The third-order valence-corrected chi connectivity index (χ3v) is 5.13. The largest absolute Gasteiger partial charge is 0.329 e. The molecule has 0 spiro atoms. The van der Waals surface area contributed by atoms with Gasteiger partial charge in [-0.2, -0.15) is 0 Å². The number of hydrogen-bond donors (Lipinski definition) is 1. The topological polar surface area (TPSA) is 26.0 Å². The van der Waals surface area contributed by atoms with E-state index in [1.165, 1.54) is 4.90 Å². The molecule has 0 saturated heterocycles. The summed E-state index contributed by atoms with van der Waals surface area (Å²) in [7, 11) is 3.58. The van der Waals surface area contributed by atoms with Crippen LogP contribution in [0.2, 0.25) is 0 Å². The zero-order valence-corrected chi connectivity index (χ0v) is 10.3. The van der Waals surface area contributed by atoms with E-state index in [-0.39, 0.29) is 4.75 Å². The van der Waals surface area contributed by atoms with Crippen LogP contribution in [0.3, 0.4) is 0 Å².